The summed E-state index contributed by atoms with van der Waals surface area (Å²) in [5, 5.41) is 0. The zero-order valence-corrected chi connectivity index (χ0v) is 15.3. The van der Waals surface area contributed by atoms with Crippen molar-refractivity contribution in [1.29, 1.82) is 0 Å². The highest BCUT2D eigenvalue weighted by atomic mass is 16.5. The molecule has 0 bridgehead atoms. The lowest BCUT2D eigenvalue weighted by Gasteiger charge is -2.30. The van der Waals surface area contributed by atoms with Gasteiger partial charge in [0.25, 0.3) is 0 Å². The van der Waals surface area contributed by atoms with E-state index in [4.69, 9.17) is 24.4 Å². The predicted molar refractivity (Wildman–Crippen MR) is 94.9 cm³/mol. The van der Waals surface area contributed by atoms with Crippen molar-refractivity contribution in [2.45, 2.75) is 63.5 Å². The van der Waals surface area contributed by atoms with Gasteiger partial charge in [-0.25, -0.2) is 19.9 Å². The van der Waals surface area contributed by atoms with Gasteiger partial charge in [-0.05, 0) is 6.42 Å². The first-order valence-electron chi connectivity index (χ1n) is 8.88. The van der Waals surface area contributed by atoms with Crippen LogP contribution >= 0.6 is 0 Å². The van der Waals surface area contributed by atoms with Crippen molar-refractivity contribution < 1.29 is 9.47 Å². The molecule has 7 heteroatoms. The summed E-state index contributed by atoms with van der Waals surface area (Å²) in [5.74, 6) is 2.11. The van der Waals surface area contributed by atoms with E-state index < -0.39 is 0 Å². The van der Waals surface area contributed by atoms with Gasteiger partial charge in [0, 0.05) is 37.7 Å². The summed E-state index contributed by atoms with van der Waals surface area (Å²) < 4.78 is 10.8. The number of imidazole rings is 1. The van der Waals surface area contributed by atoms with Gasteiger partial charge in [-0.1, -0.05) is 20.8 Å². The summed E-state index contributed by atoms with van der Waals surface area (Å²) in [6, 6.07) is 0. The van der Waals surface area contributed by atoms with Crippen molar-refractivity contribution in [1.82, 2.24) is 19.9 Å². The van der Waals surface area contributed by atoms with Crippen molar-refractivity contribution in [3.63, 3.8) is 0 Å². The third kappa shape index (κ3) is 2.90. The summed E-state index contributed by atoms with van der Waals surface area (Å²) >= 11 is 0. The highest BCUT2D eigenvalue weighted by Crippen LogP contribution is 2.45. The number of ether oxygens (including phenoxy) is 2. The van der Waals surface area contributed by atoms with Crippen molar-refractivity contribution in [2.75, 3.05) is 13.7 Å². The molecule has 0 amide bonds. The van der Waals surface area contributed by atoms with Gasteiger partial charge in [-0.3, -0.25) is 0 Å². The fourth-order valence-electron chi connectivity index (χ4n) is 3.53. The van der Waals surface area contributed by atoms with Crippen LogP contribution < -0.4 is 0 Å². The monoisotopic (exact) mass is 343 g/mol. The van der Waals surface area contributed by atoms with Gasteiger partial charge in [0.05, 0.1) is 12.3 Å². The van der Waals surface area contributed by atoms with Crippen LogP contribution in [0.2, 0.25) is 0 Å². The van der Waals surface area contributed by atoms with Gasteiger partial charge >= 0.3 is 0 Å². The van der Waals surface area contributed by atoms with E-state index in [0.717, 1.165) is 54.2 Å². The maximum atomic E-state index is 5.57. The molecule has 2 aromatic rings. The standard InChI is InChI=1S/C18H25N5O2/c1-17(2,3)16-20-12(6-8-24-4)13-15(23-16)22-14(21-13)11-5-7-18(9-11)19-10-25-18/h10-11H,5-9H2,1-4H3,(H,20,21,22,23). The summed E-state index contributed by atoms with van der Waals surface area (Å²) in [7, 11) is 1.71. The van der Waals surface area contributed by atoms with Crippen LogP contribution in [-0.2, 0) is 21.3 Å². The third-order valence-corrected chi connectivity index (χ3v) is 5.05. The molecule has 134 valence electrons. The van der Waals surface area contributed by atoms with Crippen molar-refractivity contribution in [3.8, 4) is 0 Å². The van der Waals surface area contributed by atoms with E-state index >= 15 is 0 Å². The van der Waals surface area contributed by atoms with Gasteiger partial charge in [0.1, 0.15) is 17.2 Å². The van der Waals surface area contributed by atoms with Gasteiger partial charge < -0.3 is 14.5 Å². The number of nitrogens with zero attached hydrogens (tertiary/aromatic N) is 4. The first kappa shape index (κ1) is 16.4. The van der Waals surface area contributed by atoms with Crippen LogP contribution in [0, 0.1) is 0 Å². The van der Waals surface area contributed by atoms with Gasteiger partial charge in [0.15, 0.2) is 12.0 Å². The number of methoxy groups -OCH3 is 1. The average molecular weight is 343 g/mol. The minimum atomic E-state index is -0.301. The maximum absolute atomic E-state index is 5.57. The Kier molecular flexibility index (Phi) is 3.79. The highest BCUT2D eigenvalue weighted by Gasteiger charge is 2.45. The summed E-state index contributed by atoms with van der Waals surface area (Å²) in [6.07, 6.45) is 5.12. The molecule has 3 heterocycles. The van der Waals surface area contributed by atoms with E-state index in [0.29, 0.717) is 12.5 Å². The molecule has 1 fully saturated rings. The van der Waals surface area contributed by atoms with E-state index in [1.54, 1.807) is 13.5 Å². The topological polar surface area (TPSA) is 85.3 Å². The van der Waals surface area contributed by atoms with E-state index in [9.17, 15) is 0 Å². The largest absolute Gasteiger partial charge is 0.456 e. The Labute approximate surface area is 147 Å². The average Bonchev–Trinajstić information content (AvgIpc) is 3.14. The molecule has 0 radical (unpaired) electrons. The molecule has 1 spiro atoms. The van der Waals surface area contributed by atoms with E-state index in [1.807, 2.05) is 0 Å². The fraction of sp³-hybridized carbons (Fsp3) is 0.667. The Morgan fingerprint density at radius 2 is 2.12 bits per heavy atom. The molecule has 1 aliphatic carbocycles. The molecule has 1 N–H and O–H groups in total. The second-order valence-corrected chi connectivity index (χ2v) is 8.05. The Morgan fingerprint density at radius 3 is 2.72 bits per heavy atom. The van der Waals surface area contributed by atoms with Gasteiger partial charge in [-0.2, -0.15) is 0 Å². The molecular weight excluding hydrogens is 318 g/mol. The van der Waals surface area contributed by atoms with Crippen LogP contribution in [0.4, 0.5) is 0 Å². The Balaban J connectivity index is 1.72. The van der Waals surface area contributed by atoms with E-state index in [-0.39, 0.29) is 11.1 Å². The van der Waals surface area contributed by atoms with Gasteiger partial charge in [0.2, 0.25) is 5.72 Å². The minimum absolute atomic E-state index is 0.124. The SMILES string of the molecule is COCCc1nc(C(C)(C)C)nc2nc(C3CCC4(C3)N=CO4)[nH]c12. The molecule has 2 aromatic heterocycles. The molecule has 25 heavy (non-hydrogen) atoms. The van der Waals surface area contributed by atoms with Crippen LogP contribution in [0.25, 0.3) is 11.2 Å². The summed E-state index contributed by atoms with van der Waals surface area (Å²) in [6.45, 7) is 6.98. The van der Waals surface area contributed by atoms with Crippen molar-refractivity contribution in [3.05, 3.63) is 17.3 Å². The van der Waals surface area contributed by atoms with Gasteiger partial charge in [-0.15, -0.1) is 0 Å². The maximum Gasteiger partial charge on any atom is 0.205 e. The molecule has 0 saturated heterocycles. The lowest BCUT2D eigenvalue weighted by Crippen LogP contribution is -2.34. The summed E-state index contributed by atoms with van der Waals surface area (Å²) in [5.41, 5.74) is 2.23. The Bertz CT molecular complexity index is 823. The minimum Gasteiger partial charge on any atom is -0.456 e. The molecule has 7 nitrogen and oxygen atoms in total. The number of rotatable bonds is 4. The first-order chi connectivity index (χ1) is 11.9. The van der Waals surface area contributed by atoms with Crippen molar-refractivity contribution in [2.24, 2.45) is 4.99 Å². The third-order valence-electron chi connectivity index (χ3n) is 5.05. The number of hydrogen-bond acceptors (Lipinski definition) is 6. The van der Waals surface area contributed by atoms with Crippen molar-refractivity contribution >= 4 is 17.6 Å². The molecule has 0 aromatic carbocycles. The van der Waals surface area contributed by atoms with Crippen LogP contribution in [0.5, 0.6) is 0 Å². The number of hydrogen-bond donors (Lipinski definition) is 1. The van der Waals surface area contributed by atoms with Crippen LogP contribution in [0.15, 0.2) is 4.99 Å². The number of aliphatic imine (C=N–C) groups is 1. The quantitative estimate of drug-likeness (QED) is 0.922. The predicted octanol–water partition coefficient (Wildman–Crippen LogP) is 2.86. The molecule has 1 aliphatic heterocycles. The molecule has 1 saturated carbocycles. The summed E-state index contributed by atoms with van der Waals surface area (Å²) in [4.78, 5) is 22.2. The molecule has 2 unspecified atom stereocenters. The number of aromatic amines is 1. The smallest absolute Gasteiger partial charge is 0.205 e. The van der Waals surface area contributed by atoms with Crippen LogP contribution in [0.1, 0.15) is 63.3 Å². The molecule has 4 rings (SSSR count). The Morgan fingerprint density at radius 1 is 1.32 bits per heavy atom. The fourth-order valence-corrected chi connectivity index (χ4v) is 3.53. The normalized spacial score (nSPS) is 25.5. The lowest BCUT2D eigenvalue weighted by atomic mass is 9.95. The zero-order chi connectivity index (χ0) is 17.7. The van der Waals surface area contributed by atoms with Crippen LogP contribution in [0.3, 0.4) is 0 Å². The lowest BCUT2D eigenvalue weighted by molar-refractivity contribution is 0.0345. The second-order valence-electron chi connectivity index (χ2n) is 8.05. The Hall–Kier alpha value is -2.02. The highest BCUT2D eigenvalue weighted by molar-refractivity contribution is 5.73. The first-order valence-corrected chi connectivity index (χ1v) is 8.88. The molecule has 2 aliphatic rings. The van der Waals surface area contributed by atoms with E-state index in [2.05, 4.69) is 30.7 Å². The molecule has 2 atom stereocenters. The molecular formula is C18H25N5O2. The zero-order valence-electron chi connectivity index (χ0n) is 15.3. The number of aromatic nitrogens is 4. The number of nitrogens with one attached hydrogen (secondary N) is 1. The second kappa shape index (κ2) is 5.76. The number of H-pyrrole nitrogens is 1. The van der Waals surface area contributed by atoms with E-state index in [1.165, 1.54) is 0 Å². The van der Waals surface area contributed by atoms with Crippen LogP contribution in [-0.4, -0.2) is 45.8 Å². The number of fused-ring (bicyclic) bond motifs is 1.